The molecular weight excluding hydrogens is 206 g/mol. The van der Waals surface area contributed by atoms with E-state index in [2.05, 4.69) is 15.2 Å². The highest BCUT2D eigenvalue weighted by atomic mass is 16.5. The van der Waals surface area contributed by atoms with E-state index in [9.17, 15) is 4.79 Å². The standard InChI is InChI=1S/C11H11N3O2/c1-8-2-3-9(5-12-8)7-16-10-4-11(15)14-13-6-10/h2-6H,7H2,1H3,(H,14,15). The molecule has 0 aromatic carbocycles. The Hall–Kier alpha value is -2.17. The first kappa shape index (κ1) is 10.4. The van der Waals surface area contributed by atoms with E-state index < -0.39 is 0 Å². The van der Waals surface area contributed by atoms with Crippen LogP contribution in [0, 0.1) is 6.92 Å². The highest BCUT2D eigenvalue weighted by Gasteiger charge is 1.97. The number of nitrogens with one attached hydrogen (secondary N) is 1. The van der Waals surface area contributed by atoms with Crippen LogP contribution in [-0.2, 0) is 6.61 Å². The van der Waals surface area contributed by atoms with Gasteiger partial charge in [0.15, 0.2) is 0 Å². The Morgan fingerprint density at radius 2 is 2.25 bits per heavy atom. The van der Waals surface area contributed by atoms with E-state index in [0.717, 1.165) is 11.3 Å². The van der Waals surface area contributed by atoms with Crippen molar-refractivity contribution in [3.05, 3.63) is 52.2 Å². The van der Waals surface area contributed by atoms with Crippen LogP contribution in [-0.4, -0.2) is 15.2 Å². The molecule has 0 aliphatic carbocycles. The summed E-state index contributed by atoms with van der Waals surface area (Å²) in [4.78, 5) is 15.1. The zero-order chi connectivity index (χ0) is 11.4. The number of aryl methyl sites for hydroxylation is 1. The lowest BCUT2D eigenvalue weighted by Crippen LogP contribution is -2.07. The summed E-state index contributed by atoms with van der Waals surface area (Å²) in [5, 5.41) is 5.91. The molecule has 1 N–H and O–H groups in total. The quantitative estimate of drug-likeness (QED) is 0.834. The first-order valence-electron chi connectivity index (χ1n) is 4.83. The Kier molecular flexibility index (Phi) is 2.95. The maximum atomic E-state index is 10.9. The lowest BCUT2D eigenvalue weighted by Gasteiger charge is -2.04. The van der Waals surface area contributed by atoms with Gasteiger partial charge in [0.2, 0.25) is 0 Å². The van der Waals surface area contributed by atoms with Crippen molar-refractivity contribution >= 4 is 0 Å². The van der Waals surface area contributed by atoms with E-state index >= 15 is 0 Å². The van der Waals surface area contributed by atoms with Gasteiger partial charge in [0.25, 0.3) is 5.56 Å². The summed E-state index contributed by atoms with van der Waals surface area (Å²) in [5.41, 5.74) is 1.63. The van der Waals surface area contributed by atoms with Crippen molar-refractivity contribution in [2.45, 2.75) is 13.5 Å². The van der Waals surface area contributed by atoms with Crippen LogP contribution in [0.25, 0.3) is 0 Å². The molecule has 16 heavy (non-hydrogen) atoms. The number of H-pyrrole nitrogens is 1. The molecule has 2 rings (SSSR count). The molecule has 0 bridgehead atoms. The molecule has 0 spiro atoms. The smallest absolute Gasteiger partial charge is 0.267 e. The van der Waals surface area contributed by atoms with Gasteiger partial charge in [-0.1, -0.05) is 6.07 Å². The minimum atomic E-state index is -0.278. The second kappa shape index (κ2) is 4.57. The molecule has 0 aliphatic heterocycles. The predicted molar refractivity (Wildman–Crippen MR) is 58.2 cm³/mol. The molecule has 2 aromatic heterocycles. The third kappa shape index (κ3) is 2.66. The van der Waals surface area contributed by atoms with Gasteiger partial charge in [-0.3, -0.25) is 9.78 Å². The molecule has 5 heteroatoms. The maximum absolute atomic E-state index is 10.9. The molecule has 0 atom stereocenters. The van der Waals surface area contributed by atoms with Crippen LogP contribution in [0.5, 0.6) is 5.75 Å². The maximum Gasteiger partial charge on any atom is 0.267 e. The third-order valence-corrected chi connectivity index (χ3v) is 2.02. The van der Waals surface area contributed by atoms with E-state index in [4.69, 9.17) is 4.74 Å². The van der Waals surface area contributed by atoms with Gasteiger partial charge in [0.1, 0.15) is 12.4 Å². The van der Waals surface area contributed by atoms with Gasteiger partial charge in [-0.25, -0.2) is 5.10 Å². The number of hydrogen-bond donors (Lipinski definition) is 1. The molecule has 0 unspecified atom stereocenters. The van der Waals surface area contributed by atoms with E-state index in [0.29, 0.717) is 12.4 Å². The van der Waals surface area contributed by atoms with E-state index in [1.54, 1.807) is 6.20 Å². The molecule has 0 radical (unpaired) electrons. The summed E-state index contributed by atoms with van der Waals surface area (Å²) in [6, 6.07) is 5.20. The zero-order valence-corrected chi connectivity index (χ0v) is 8.80. The molecule has 82 valence electrons. The van der Waals surface area contributed by atoms with Gasteiger partial charge in [-0.15, -0.1) is 0 Å². The fraction of sp³-hybridized carbons (Fsp3) is 0.182. The predicted octanol–water partition coefficient (Wildman–Crippen LogP) is 1.05. The van der Waals surface area contributed by atoms with Gasteiger partial charge >= 0.3 is 0 Å². The third-order valence-electron chi connectivity index (χ3n) is 2.02. The summed E-state index contributed by atoms with van der Waals surface area (Å²) in [6.45, 7) is 2.30. The molecule has 0 aliphatic rings. The van der Waals surface area contributed by atoms with Gasteiger partial charge < -0.3 is 4.74 Å². The second-order valence-electron chi connectivity index (χ2n) is 3.38. The number of aromatic amines is 1. The van der Waals surface area contributed by atoms with Crippen LogP contribution < -0.4 is 10.3 Å². The molecule has 0 saturated carbocycles. The number of aromatic nitrogens is 3. The molecule has 0 amide bonds. The SMILES string of the molecule is Cc1ccc(COc2cn[nH]c(=O)c2)cn1. The van der Waals surface area contributed by atoms with E-state index in [-0.39, 0.29) is 5.56 Å². The summed E-state index contributed by atoms with van der Waals surface area (Å²) in [6.07, 6.45) is 3.21. The van der Waals surface area contributed by atoms with Gasteiger partial charge in [-0.2, -0.15) is 5.10 Å². The molecule has 2 heterocycles. The first-order valence-corrected chi connectivity index (χ1v) is 4.83. The summed E-state index contributed by atoms with van der Waals surface area (Å²) >= 11 is 0. The Morgan fingerprint density at radius 3 is 2.94 bits per heavy atom. The number of ether oxygens (including phenoxy) is 1. The first-order chi connectivity index (χ1) is 7.74. The van der Waals surface area contributed by atoms with Crippen molar-refractivity contribution in [2.75, 3.05) is 0 Å². The van der Waals surface area contributed by atoms with Gasteiger partial charge in [0, 0.05) is 23.5 Å². The molecular formula is C11H11N3O2. The van der Waals surface area contributed by atoms with Gasteiger partial charge in [0.05, 0.1) is 6.20 Å². The van der Waals surface area contributed by atoms with E-state index in [1.165, 1.54) is 12.3 Å². The van der Waals surface area contributed by atoms with Crippen LogP contribution >= 0.6 is 0 Å². The topological polar surface area (TPSA) is 67.9 Å². The van der Waals surface area contributed by atoms with Crippen molar-refractivity contribution in [3.8, 4) is 5.75 Å². The second-order valence-corrected chi connectivity index (χ2v) is 3.38. The Labute approximate surface area is 92.1 Å². The van der Waals surface area contributed by atoms with Crippen LogP contribution in [0.1, 0.15) is 11.3 Å². The van der Waals surface area contributed by atoms with Crippen molar-refractivity contribution < 1.29 is 4.74 Å². The molecule has 5 nitrogen and oxygen atoms in total. The fourth-order valence-corrected chi connectivity index (χ4v) is 1.19. The Bertz CT molecular complexity index is 519. The van der Waals surface area contributed by atoms with E-state index in [1.807, 2.05) is 19.1 Å². The van der Waals surface area contributed by atoms with Crippen LogP contribution in [0.2, 0.25) is 0 Å². The number of pyridine rings is 1. The normalized spacial score (nSPS) is 10.1. The van der Waals surface area contributed by atoms with Crippen LogP contribution in [0.15, 0.2) is 35.4 Å². The summed E-state index contributed by atoms with van der Waals surface area (Å²) in [5.74, 6) is 0.448. The molecule has 0 saturated heterocycles. The average molecular weight is 217 g/mol. The number of rotatable bonds is 3. The summed E-state index contributed by atoms with van der Waals surface area (Å²) in [7, 11) is 0. The van der Waals surface area contributed by atoms with Crippen molar-refractivity contribution in [1.82, 2.24) is 15.2 Å². The average Bonchev–Trinajstić information content (AvgIpc) is 2.28. The minimum Gasteiger partial charge on any atom is -0.487 e. The largest absolute Gasteiger partial charge is 0.487 e. The Morgan fingerprint density at radius 1 is 1.38 bits per heavy atom. The van der Waals surface area contributed by atoms with Gasteiger partial charge in [-0.05, 0) is 13.0 Å². The number of hydrogen-bond acceptors (Lipinski definition) is 4. The lowest BCUT2D eigenvalue weighted by atomic mass is 10.3. The highest BCUT2D eigenvalue weighted by Crippen LogP contribution is 2.07. The van der Waals surface area contributed by atoms with Crippen LogP contribution in [0.4, 0.5) is 0 Å². The zero-order valence-electron chi connectivity index (χ0n) is 8.80. The highest BCUT2D eigenvalue weighted by molar-refractivity contribution is 5.16. The van der Waals surface area contributed by atoms with Crippen molar-refractivity contribution in [2.24, 2.45) is 0 Å². The molecule has 0 fully saturated rings. The van der Waals surface area contributed by atoms with Crippen LogP contribution in [0.3, 0.4) is 0 Å². The minimum absolute atomic E-state index is 0.278. The summed E-state index contributed by atoms with van der Waals surface area (Å²) < 4.78 is 5.39. The molecule has 2 aromatic rings. The fourth-order valence-electron chi connectivity index (χ4n) is 1.19. The Balaban J connectivity index is 2.02. The van der Waals surface area contributed by atoms with Crippen molar-refractivity contribution in [1.29, 1.82) is 0 Å². The monoisotopic (exact) mass is 217 g/mol. The number of nitrogens with zero attached hydrogens (tertiary/aromatic N) is 2. The lowest BCUT2D eigenvalue weighted by molar-refractivity contribution is 0.303. The van der Waals surface area contributed by atoms with Crippen molar-refractivity contribution in [3.63, 3.8) is 0 Å².